The summed E-state index contributed by atoms with van der Waals surface area (Å²) in [5.74, 6) is 0. The van der Waals surface area contributed by atoms with Gasteiger partial charge in [0, 0.05) is 19.0 Å². The summed E-state index contributed by atoms with van der Waals surface area (Å²) in [6.45, 7) is 2.77. The quantitative estimate of drug-likeness (QED) is 0.657. The van der Waals surface area contributed by atoms with Gasteiger partial charge in [0.2, 0.25) is 0 Å². The van der Waals surface area contributed by atoms with Gasteiger partial charge in [-0.05, 0) is 24.1 Å². The van der Waals surface area contributed by atoms with Gasteiger partial charge < -0.3 is 4.74 Å². The van der Waals surface area contributed by atoms with E-state index in [2.05, 4.69) is 18.0 Å². The van der Waals surface area contributed by atoms with Crippen molar-refractivity contribution >= 4 is 0 Å². The summed E-state index contributed by atoms with van der Waals surface area (Å²) in [5.41, 5.74) is 2.32. The van der Waals surface area contributed by atoms with Crippen molar-refractivity contribution in [2.24, 2.45) is 0 Å². The predicted molar refractivity (Wildman–Crippen MR) is 44.3 cm³/mol. The summed E-state index contributed by atoms with van der Waals surface area (Å²) in [6, 6.07) is 4.05. The van der Waals surface area contributed by atoms with Crippen LogP contribution in [-0.2, 0) is 17.8 Å². The normalized spacial score (nSPS) is 10.0. The van der Waals surface area contributed by atoms with Crippen LogP contribution in [-0.4, -0.2) is 12.1 Å². The molecule has 0 spiro atoms. The highest BCUT2D eigenvalue weighted by molar-refractivity contribution is 5.15. The number of aryl methyl sites for hydroxylation is 1. The fraction of sp³-hybridized carbons (Fsp3) is 0.444. The van der Waals surface area contributed by atoms with Crippen LogP contribution in [0.25, 0.3) is 0 Å². The molecule has 0 bridgehead atoms. The van der Waals surface area contributed by atoms with E-state index in [-0.39, 0.29) is 0 Å². The molecule has 0 unspecified atom stereocenters. The lowest BCUT2D eigenvalue weighted by Crippen LogP contribution is -1.91. The maximum atomic E-state index is 5.00. The molecule has 0 radical (unpaired) electrons. The van der Waals surface area contributed by atoms with Gasteiger partial charge in [0.1, 0.15) is 0 Å². The first kappa shape index (κ1) is 8.21. The highest BCUT2D eigenvalue weighted by atomic mass is 16.5. The summed E-state index contributed by atoms with van der Waals surface area (Å²) < 4.78 is 5.00. The second-order valence-electron chi connectivity index (χ2n) is 2.44. The van der Waals surface area contributed by atoms with Crippen molar-refractivity contribution in [2.75, 3.05) is 7.11 Å². The van der Waals surface area contributed by atoms with Gasteiger partial charge in [-0.3, -0.25) is 4.98 Å². The average molecular weight is 151 g/mol. The Labute approximate surface area is 67.2 Å². The van der Waals surface area contributed by atoms with E-state index in [1.54, 1.807) is 7.11 Å². The van der Waals surface area contributed by atoms with E-state index in [0.29, 0.717) is 6.61 Å². The van der Waals surface area contributed by atoms with Crippen LogP contribution in [0.3, 0.4) is 0 Å². The van der Waals surface area contributed by atoms with Crippen LogP contribution in [0.2, 0.25) is 0 Å². The lowest BCUT2D eigenvalue weighted by Gasteiger charge is -2.00. The lowest BCUT2D eigenvalue weighted by molar-refractivity contribution is 0.184. The molecule has 0 saturated heterocycles. The number of methoxy groups -OCH3 is 1. The Bertz CT molecular complexity index is 223. The zero-order valence-electron chi connectivity index (χ0n) is 7.00. The second kappa shape index (κ2) is 4.09. The van der Waals surface area contributed by atoms with E-state index in [1.807, 2.05) is 12.3 Å². The number of pyridine rings is 1. The minimum Gasteiger partial charge on any atom is -0.380 e. The number of hydrogen-bond acceptors (Lipinski definition) is 2. The van der Waals surface area contributed by atoms with Gasteiger partial charge in [0.05, 0.1) is 6.61 Å². The van der Waals surface area contributed by atoms with E-state index >= 15 is 0 Å². The van der Waals surface area contributed by atoms with Crippen LogP contribution < -0.4 is 0 Å². The van der Waals surface area contributed by atoms with E-state index in [0.717, 1.165) is 12.1 Å². The van der Waals surface area contributed by atoms with Crippen molar-refractivity contribution in [2.45, 2.75) is 20.0 Å². The maximum Gasteiger partial charge on any atom is 0.0714 e. The van der Waals surface area contributed by atoms with Gasteiger partial charge in [0.15, 0.2) is 0 Å². The van der Waals surface area contributed by atoms with Crippen LogP contribution >= 0.6 is 0 Å². The molecule has 0 fully saturated rings. The minimum absolute atomic E-state index is 0.676. The minimum atomic E-state index is 0.676. The van der Waals surface area contributed by atoms with Crippen molar-refractivity contribution in [1.82, 2.24) is 4.98 Å². The third kappa shape index (κ3) is 2.31. The van der Waals surface area contributed by atoms with Crippen LogP contribution in [0, 0.1) is 0 Å². The van der Waals surface area contributed by atoms with Crippen LogP contribution in [0.1, 0.15) is 18.2 Å². The Kier molecular flexibility index (Phi) is 3.05. The molecule has 0 aliphatic rings. The highest BCUT2D eigenvalue weighted by Crippen LogP contribution is 2.02. The topological polar surface area (TPSA) is 22.1 Å². The lowest BCUT2D eigenvalue weighted by atomic mass is 10.2. The number of rotatable bonds is 3. The van der Waals surface area contributed by atoms with E-state index < -0.39 is 0 Å². The summed E-state index contributed by atoms with van der Waals surface area (Å²) in [7, 11) is 1.70. The van der Waals surface area contributed by atoms with Crippen LogP contribution in [0.4, 0.5) is 0 Å². The monoisotopic (exact) mass is 151 g/mol. The molecule has 60 valence electrons. The first-order chi connectivity index (χ1) is 5.36. The van der Waals surface area contributed by atoms with E-state index in [4.69, 9.17) is 4.74 Å². The van der Waals surface area contributed by atoms with Crippen molar-refractivity contribution in [3.05, 3.63) is 29.6 Å². The molecule has 1 aromatic rings. The van der Waals surface area contributed by atoms with E-state index in [1.165, 1.54) is 5.56 Å². The maximum absolute atomic E-state index is 5.00. The second-order valence-corrected chi connectivity index (χ2v) is 2.44. The molecule has 0 N–H and O–H groups in total. The first-order valence-corrected chi connectivity index (χ1v) is 3.79. The van der Waals surface area contributed by atoms with Crippen LogP contribution in [0.5, 0.6) is 0 Å². The Morgan fingerprint density at radius 2 is 2.36 bits per heavy atom. The molecule has 0 aliphatic heterocycles. The summed E-state index contributed by atoms with van der Waals surface area (Å²) in [5, 5.41) is 0. The molecular formula is C9H13NO. The standard InChI is InChI=1S/C9H13NO/c1-3-9-6-8(7-11-2)4-5-10-9/h4-6H,3,7H2,1-2H3. The molecule has 1 aromatic heterocycles. The predicted octanol–water partition coefficient (Wildman–Crippen LogP) is 1.79. The van der Waals surface area contributed by atoms with Gasteiger partial charge in [-0.25, -0.2) is 0 Å². The first-order valence-electron chi connectivity index (χ1n) is 3.79. The fourth-order valence-electron chi connectivity index (χ4n) is 0.978. The average Bonchev–Trinajstić information content (AvgIpc) is 2.06. The third-order valence-electron chi connectivity index (χ3n) is 1.55. The number of nitrogens with zero attached hydrogens (tertiary/aromatic N) is 1. The zero-order valence-corrected chi connectivity index (χ0v) is 7.00. The number of aromatic nitrogens is 1. The number of hydrogen-bond donors (Lipinski definition) is 0. The smallest absolute Gasteiger partial charge is 0.0714 e. The molecule has 11 heavy (non-hydrogen) atoms. The molecule has 2 heteroatoms. The molecule has 2 nitrogen and oxygen atoms in total. The van der Waals surface area contributed by atoms with Gasteiger partial charge in [0.25, 0.3) is 0 Å². The van der Waals surface area contributed by atoms with Gasteiger partial charge in [-0.2, -0.15) is 0 Å². The Hall–Kier alpha value is -0.890. The molecule has 0 amide bonds. The van der Waals surface area contributed by atoms with Crippen molar-refractivity contribution < 1.29 is 4.74 Å². The van der Waals surface area contributed by atoms with Crippen LogP contribution in [0.15, 0.2) is 18.3 Å². The molecular weight excluding hydrogens is 138 g/mol. The van der Waals surface area contributed by atoms with Crippen molar-refractivity contribution in [3.63, 3.8) is 0 Å². The van der Waals surface area contributed by atoms with Crippen molar-refractivity contribution in [3.8, 4) is 0 Å². The fourth-order valence-corrected chi connectivity index (χ4v) is 0.978. The number of ether oxygens (including phenoxy) is 1. The summed E-state index contributed by atoms with van der Waals surface area (Å²) >= 11 is 0. The molecule has 1 heterocycles. The summed E-state index contributed by atoms with van der Waals surface area (Å²) in [4.78, 5) is 4.18. The van der Waals surface area contributed by atoms with Gasteiger partial charge >= 0.3 is 0 Å². The molecule has 0 aromatic carbocycles. The Morgan fingerprint density at radius 3 is 3.00 bits per heavy atom. The molecule has 0 saturated carbocycles. The van der Waals surface area contributed by atoms with Gasteiger partial charge in [-0.1, -0.05) is 6.92 Å². The molecule has 1 rings (SSSR count). The summed E-state index contributed by atoms with van der Waals surface area (Å²) in [6.07, 6.45) is 2.81. The largest absolute Gasteiger partial charge is 0.380 e. The third-order valence-corrected chi connectivity index (χ3v) is 1.55. The Balaban J connectivity index is 2.74. The zero-order chi connectivity index (χ0) is 8.10. The Morgan fingerprint density at radius 1 is 1.55 bits per heavy atom. The van der Waals surface area contributed by atoms with Gasteiger partial charge in [-0.15, -0.1) is 0 Å². The molecule has 0 atom stereocenters. The highest BCUT2D eigenvalue weighted by Gasteiger charge is 1.93. The van der Waals surface area contributed by atoms with Crippen molar-refractivity contribution in [1.29, 1.82) is 0 Å². The SMILES string of the molecule is CCc1cc(COC)ccn1. The molecule has 0 aliphatic carbocycles. The van der Waals surface area contributed by atoms with E-state index in [9.17, 15) is 0 Å².